The zero-order valence-corrected chi connectivity index (χ0v) is 21.5. The lowest BCUT2D eigenvalue weighted by molar-refractivity contribution is -0.139. The lowest BCUT2D eigenvalue weighted by Crippen LogP contribution is -2.54. The number of aliphatic carboxylic acids is 1. The number of carbonyl (C=O) groups excluding carboxylic acids is 2. The van der Waals surface area contributed by atoms with Crippen molar-refractivity contribution in [3.05, 3.63) is 95.6 Å². The molecule has 0 saturated heterocycles. The Labute approximate surface area is 222 Å². The maximum Gasteiger partial charge on any atom is 0.407 e. The molecule has 0 aromatic heterocycles. The van der Waals surface area contributed by atoms with Gasteiger partial charge in [-0.2, -0.15) is 0 Å². The largest absolute Gasteiger partial charge is 0.481 e. The van der Waals surface area contributed by atoms with Gasteiger partial charge in [-0.15, -0.1) is 0 Å². The van der Waals surface area contributed by atoms with Crippen LogP contribution < -0.4 is 5.32 Å². The molecule has 2 amide bonds. The highest BCUT2D eigenvalue weighted by atomic mass is 16.5. The van der Waals surface area contributed by atoms with E-state index < -0.39 is 30.1 Å². The summed E-state index contributed by atoms with van der Waals surface area (Å²) in [5, 5.41) is 11.7. The number of carboxylic acid groups (broad SMARTS) is 1. The lowest BCUT2D eigenvalue weighted by Gasteiger charge is -2.28. The van der Waals surface area contributed by atoms with E-state index in [0.29, 0.717) is 0 Å². The van der Waals surface area contributed by atoms with Gasteiger partial charge >= 0.3 is 12.1 Å². The van der Waals surface area contributed by atoms with Crippen LogP contribution >= 0.6 is 0 Å². The van der Waals surface area contributed by atoms with Gasteiger partial charge in [0.1, 0.15) is 12.6 Å². The zero-order chi connectivity index (χ0) is 27.1. The van der Waals surface area contributed by atoms with E-state index in [0.717, 1.165) is 27.8 Å². The summed E-state index contributed by atoms with van der Waals surface area (Å²) in [6.45, 7) is 2.05. The van der Waals surface area contributed by atoms with Crippen LogP contribution in [0, 0.1) is 0 Å². The molecule has 8 heteroatoms. The average molecular weight is 517 g/mol. The molecular formula is C30H32N2O6. The van der Waals surface area contributed by atoms with Crippen molar-refractivity contribution in [2.75, 3.05) is 20.2 Å². The summed E-state index contributed by atoms with van der Waals surface area (Å²) in [7, 11) is 1.50. The van der Waals surface area contributed by atoms with Gasteiger partial charge in [0, 0.05) is 19.5 Å². The second kappa shape index (κ2) is 12.4. The molecule has 0 radical (unpaired) electrons. The molecule has 1 aliphatic carbocycles. The van der Waals surface area contributed by atoms with Gasteiger partial charge in [0.2, 0.25) is 5.91 Å². The minimum absolute atomic E-state index is 0.00242. The van der Waals surface area contributed by atoms with Crippen molar-refractivity contribution in [2.45, 2.75) is 38.0 Å². The first-order valence-electron chi connectivity index (χ1n) is 12.6. The lowest BCUT2D eigenvalue weighted by atomic mass is 9.98. The van der Waals surface area contributed by atoms with Gasteiger partial charge in [-0.3, -0.25) is 9.59 Å². The van der Waals surface area contributed by atoms with Crippen LogP contribution in [0.3, 0.4) is 0 Å². The van der Waals surface area contributed by atoms with E-state index in [1.807, 2.05) is 66.7 Å². The number of hydrogen-bond donors (Lipinski definition) is 2. The Bertz CT molecular complexity index is 1230. The van der Waals surface area contributed by atoms with E-state index in [-0.39, 0.29) is 32.1 Å². The summed E-state index contributed by atoms with van der Waals surface area (Å²) >= 11 is 0. The van der Waals surface area contributed by atoms with Crippen molar-refractivity contribution < 1.29 is 29.0 Å². The monoisotopic (exact) mass is 516 g/mol. The van der Waals surface area contributed by atoms with Crippen molar-refractivity contribution >= 4 is 18.0 Å². The summed E-state index contributed by atoms with van der Waals surface area (Å²) in [4.78, 5) is 38.5. The van der Waals surface area contributed by atoms with Crippen LogP contribution in [0.15, 0.2) is 78.9 Å². The highest BCUT2D eigenvalue weighted by Crippen LogP contribution is 2.44. The Balaban J connectivity index is 1.44. The highest BCUT2D eigenvalue weighted by molar-refractivity contribution is 5.86. The van der Waals surface area contributed by atoms with Crippen LogP contribution in [-0.2, 0) is 25.7 Å². The Morgan fingerprint density at radius 1 is 0.921 bits per heavy atom. The molecule has 0 bridgehead atoms. The Hall–Kier alpha value is -4.17. The average Bonchev–Trinajstić information content (AvgIpc) is 3.26. The van der Waals surface area contributed by atoms with Gasteiger partial charge in [0.25, 0.3) is 0 Å². The number of rotatable bonds is 11. The molecule has 8 nitrogen and oxygen atoms in total. The van der Waals surface area contributed by atoms with Crippen LogP contribution in [0.25, 0.3) is 11.1 Å². The highest BCUT2D eigenvalue weighted by Gasteiger charge is 2.33. The fourth-order valence-electron chi connectivity index (χ4n) is 4.66. The molecule has 3 aromatic rings. The van der Waals surface area contributed by atoms with E-state index in [2.05, 4.69) is 17.4 Å². The second-order valence-corrected chi connectivity index (χ2v) is 9.35. The normalized spacial score (nSPS) is 13.6. The summed E-state index contributed by atoms with van der Waals surface area (Å²) in [5.41, 5.74) is 5.33. The first-order chi connectivity index (χ1) is 18.3. The molecule has 0 fully saturated rings. The zero-order valence-electron chi connectivity index (χ0n) is 21.5. The fourth-order valence-corrected chi connectivity index (χ4v) is 4.66. The molecule has 1 aliphatic rings. The second-order valence-electron chi connectivity index (χ2n) is 9.35. The molecular weight excluding hydrogens is 484 g/mol. The molecule has 0 saturated carbocycles. The minimum atomic E-state index is -1.06. The number of carboxylic acids is 1. The molecule has 3 aromatic carbocycles. The molecule has 2 atom stereocenters. The number of ether oxygens (including phenoxy) is 2. The number of alkyl carbamates (subject to hydrolysis) is 1. The summed E-state index contributed by atoms with van der Waals surface area (Å²) in [6.07, 6.45) is -1.65. The van der Waals surface area contributed by atoms with Crippen LogP contribution in [0.5, 0.6) is 0 Å². The van der Waals surface area contributed by atoms with Crippen LogP contribution in [0.1, 0.15) is 36.0 Å². The van der Waals surface area contributed by atoms with Crippen molar-refractivity contribution in [1.29, 1.82) is 0 Å². The van der Waals surface area contributed by atoms with Gasteiger partial charge in [-0.05, 0) is 34.7 Å². The van der Waals surface area contributed by atoms with Crippen molar-refractivity contribution in [3.8, 4) is 11.1 Å². The summed E-state index contributed by atoms with van der Waals surface area (Å²) < 4.78 is 11.6. The number of fused-ring (bicyclic) bond motifs is 3. The van der Waals surface area contributed by atoms with E-state index in [1.54, 1.807) is 6.92 Å². The maximum absolute atomic E-state index is 13.2. The first kappa shape index (κ1) is 26.9. The third-order valence-electron chi connectivity index (χ3n) is 6.75. The van der Waals surface area contributed by atoms with Crippen molar-refractivity contribution in [3.63, 3.8) is 0 Å². The van der Waals surface area contributed by atoms with Gasteiger partial charge < -0.3 is 24.8 Å². The number of benzene rings is 3. The number of hydrogen-bond acceptors (Lipinski definition) is 5. The Morgan fingerprint density at radius 3 is 2.11 bits per heavy atom. The summed E-state index contributed by atoms with van der Waals surface area (Å²) in [5.74, 6) is -1.59. The predicted molar refractivity (Wildman–Crippen MR) is 143 cm³/mol. The van der Waals surface area contributed by atoms with Gasteiger partial charge in [-0.25, -0.2) is 4.79 Å². The third-order valence-corrected chi connectivity index (χ3v) is 6.75. The minimum Gasteiger partial charge on any atom is -0.481 e. The molecule has 2 N–H and O–H groups in total. The topological polar surface area (TPSA) is 105 Å². The van der Waals surface area contributed by atoms with E-state index in [1.165, 1.54) is 11.9 Å². The van der Waals surface area contributed by atoms with Crippen LogP contribution in [-0.4, -0.2) is 60.3 Å². The number of nitrogens with zero attached hydrogens (tertiary/aromatic N) is 1. The van der Waals surface area contributed by atoms with E-state index in [4.69, 9.17) is 14.6 Å². The molecule has 0 spiro atoms. The molecule has 0 aliphatic heterocycles. The molecule has 4 rings (SSSR count). The van der Waals surface area contributed by atoms with E-state index in [9.17, 15) is 14.4 Å². The van der Waals surface area contributed by atoms with Crippen molar-refractivity contribution in [1.82, 2.24) is 10.2 Å². The Kier molecular flexibility index (Phi) is 8.76. The standard InChI is InChI=1S/C30H32N2O6/c1-20(37-18-21-10-4-3-5-11-21)28(29(35)32(2)17-16-27(33)34)31-30(36)38-19-26-24-14-8-6-12-22(24)23-13-7-9-15-25(23)26/h3-15,20,26,28H,16-19H2,1-2H3,(H,31,36)(H,33,34). The quantitative estimate of drug-likeness (QED) is 0.391. The van der Waals surface area contributed by atoms with Crippen molar-refractivity contribution in [2.24, 2.45) is 0 Å². The number of amides is 2. The first-order valence-corrected chi connectivity index (χ1v) is 12.6. The maximum atomic E-state index is 13.2. The van der Waals surface area contributed by atoms with Crippen LogP contribution in [0.2, 0.25) is 0 Å². The SMILES string of the molecule is CC(OCc1ccccc1)C(NC(=O)OCC1c2ccccc2-c2ccccc21)C(=O)N(C)CCC(=O)O. The predicted octanol–water partition coefficient (Wildman–Crippen LogP) is 4.43. The van der Waals surface area contributed by atoms with Gasteiger partial charge in [0.15, 0.2) is 0 Å². The molecule has 2 unspecified atom stereocenters. The van der Waals surface area contributed by atoms with E-state index >= 15 is 0 Å². The number of likely N-dealkylation sites (N-methyl/N-ethyl adjacent to an activating group) is 1. The molecule has 198 valence electrons. The fraction of sp³-hybridized carbons (Fsp3) is 0.300. The van der Waals surface area contributed by atoms with Gasteiger partial charge in [-0.1, -0.05) is 78.9 Å². The smallest absolute Gasteiger partial charge is 0.407 e. The number of nitrogens with one attached hydrogen (secondary N) is 1. The number of carbonyl (C=O) groups is 3. The molecule has 0 heterocycles. The summed E-state index contributed by atoms with van der Waals surface area (Å²) in [6, 6.07) is 24.5. The third kappa shape index (κ3) is 6.39. The molecule has 38 heavy (non-hydrogen) atoms. The van der Waals surface area contributed by atoms with Crippen LogP contribution in [0.4, 0.5) is 4.79 Å². The Morgan fingerprint density at radius 2 is 1.50 bits per heavy atom. The van der Waals surface area contributed by atoms with Gasteiger partial charge in [0.05, 0.1) is 19.1 Å².